The van der Waals surface area contributed by atoms with Gasteiger partial charge in [-0.3, -0.25) is 4.79 Å². The first-order valence-electron chi connectivity index (χ1n) is 6.99. The predicted octanol–water partition coefficient (Wildman–Crippen LogP) is 4.25. The van der Waals surface area contributed by atoms with Gasteiger partial charge in [-0.2, -0.15) is 5.10 Å². The van der Waals surface area contributed by atoms with Gasteiger partial charge in [-0.15, -0.1) is 0 Å². The number of nitrogens with zero attached hydrogens (tertiary/aromatic N) is 1. The maximum Gasteiger partial charge on any atom is 0.259 e. The molecule has 0 radical (unpaired) electrons. The van der Waals surface area contributed by atoms with Crippen molar-refractivity contribution < 1.29 is 14.6 Å². The van der Waals surface area contributed by atoms with Crippen molar-refractivity contribution in [3.8, 4) is 11.5 Å². The van der Waals surface area contributed by atoms with Gasteiger partial charge in [-0.05, 0) is 50.1 Å². The van der Waals surface area contributed by atoms with Crippen LogP contribution in [0.15, 0.2) is 48.9 Å². The van der Waals surface area contributed by atoms with Crippen LogP contribution in [0.5, 0.6) is 11.5 Å². The van der Waals surface area contributed by atoms with E-state index in [0.29, 0.717) is 30.4 Å². The lowest BCUT2D eigenvalue weighted by Gasteiger charge is -2.10. The van der Waals surface area contributed by atoms with Gasteiger partial charge >= 0.3 is 0 Å². The smallest absolute Gasteiger partial charge is 0.259 e. The summed E-state index contributed by atoms with van der Waals surface area (Å²) in [6, 6.07) is 8.99. The van der Waals surface area contributed by atoms with E-state index in [4.69, 9.17) is 4.74 Å². The highest BCUT2D eigenvalue weighted by Gasteiger charge is 2.12. The topological polar surface area (TPSA) is 83.0 Å². The molecule has 0 aliphatic rings. The van der Waals surface area contributed by atoms with E-state index in [1.54, 1.807) is 19.2 Å². The van der Waals surface area contributed by atoms with Crippen molar-refractivity contribution in [1.82, 2.24) is 5.43 Å². The van der Waals surface area contributed by atoms with Crippen LogP contribution in [0.3, 0.4) is 0 Å². The summed E-state index contributed by atoms with van der Waals surface area (Å²) in [5.74, 6) is 0.376. The molecular formula is C16H14Br3N3O3. The molecule has 9 heteroatoms. The Morgan fingerprint density at radius 1 is 1.28 bits per heavy atom. The lowest BCUT2D eigenvalue weighted by Crippen LogP contribution is -2.26. The largest absolute Gasteiger partial charge is 0.506 e. The molecule has 0 aliphatic carbocycles. The fourth-order valence-electron chi connectivity index (χ4n) is 1.89. The maximum absolute atomic E-state index is 11.9. The molecule has 0 unspecified atom stereocenters. The lowest BCUT2D eigenvalue weighted by atomic mass is 10.2. The summed E-state index contributed by atoms with van der Waals surface area (Å²) in [6.07, 6.45) is 1.43. The van der Waals surface area contributed by atoms with E-state index in [9.17, 15) is 9.90 Å². The Labute approximate surface area is 170 Å². The van der Waals surface area contributed by atoms with Crippen LogP contribution in [-0.2, 0) is 4.79 Å². The molecule has 132 valence electrons. The first-order valence-corrected chi connectivity index (χ1v) is 9.37. The summed E-state index contributed by atoms with van der Waals surface area (Å²) in [5.41, 5.74) is 3.73. The maximum atomic E-state index is 11.9. The second-order valence-corrected chi connectivity index (χ2v) is 7.27. The van der Waals surface area contributed by atoms with Crippen molar-refractivity contribution in [2.24, 2.45) is 5.10 Å². The number of hydrogen-bond donors (Lipinski definition) is 3. The van der Waals surface area contributed by atoms with Crippen LogP contribution >= 0.6 is 47.8 Å². The standard InChI is InChI=1S/C16H14Br3N3O3/c1-25-13-5-3-2-4-12(13)20-8-14(23)22-21-7-9-10(17)6-11(18)16(24)15(9)19/h2-7,20,24H,8H2,1H3,(H,22,23). The SMILES string of the molecule is COc1ccccc1NCC(=O)NN=Cc1c(Br)cc(Br)c(O)c1Br. The highest BCUT2D eigenvalue weighted by atomic mass is 79.9. The minimum absolute atomic E-state index is 0.0334. The number of halogens is 3. The van der Waals surface area contributed by atoms with Gasteiger partial charge < -0.3 is 15.2 Å². The number of hydrazone groups is 1. The Kier molecular flexibility index (Phi) is 7.27. The number of aromatic hydroxyl groups is 1. The van der Waals surface area contributed by atoms with Crippen molar-refractivity contribution in [3.05, 3.63) is 49.3 Å². The Morgan fingerprint density at radius 2 is 2.00 bits per heavy atom. The van der Waals surface area contributed by atoms with Gasteiger partial charge in [0.2, 0.25) is 0 Å². The highest BCUT2D eigenvalue weighted by molar-refractivity contribution is 9.11. The zero-order valence-electron chi connectivity index (χ0n) is 13.0. The Balaban J connectivity index is 1.96. The number of methoxy groups -OCH3 is 1. The van der Waals surface area contributed by atoms with Crippen molar-refractivity contribution in [1.29, 1.82) is 0 Å². The second-order valence-electron chi connectivity index (χ2n) is 4.76. The van der Waals surface area contributed by atoms with E-state index in [2.05, 4.69) is 63.6 Å². The number of carbonyl (C=O) groups excluding carboxylic acids is 1. The van der Waals surface area contributed by atoms with E-state index in [0.717, 1.165) is 0 Å². The van der Waals surface area contributed by atoms with Crippen LogP contribution in [0.25, 0.3) is 0 Å². The summed E-state index contributed by atoms with van der Waals surface area (Å²) in [4.78, 5) is 11.9. The first-order chi connectivity index (χ1) is 11.9. The average Bonchev–Trinajstić information content (AvgIpc) is 2.61. The molecule has 3 N–H and O–H groups in total. The van der Waals surface area contributed by atoms with Gasteiger partial charge in [0.1, 0.15) is 11.5 Å². The average molecular weight is 536 g/mol. The number of amides is 1. The van der Waals surface area contributed by atoms with E-state index in [1.807, 2.05) is 18.2 Å². The van der Waals surface area contributed by atoms with Gasteiger partial charge in [0.05, 0.1) is 34.5 Å². The predicted molar refractivity (Wildman–Crippen MR) is 108 cm³/mol. The van der Waals surface area contributed by atoms with Gasteiger partial charge in [0.25, 0.3) is 5.91 Å². The van der Waals surface area contributed by atoms with Gasteiger partial charge in [-0.25, -0.2) is 5.43 Å². The van der Waals surface area contributed by atoms with Gasteiger partial charge in [-0.1, -0.05) is 28.1 Å². The molecule has 0 bridgehead atoms. The quantitative estimate of drug-likeness (QED) is 0.381. The normalized spacial score (nSPS) is 10.7. The number of nitrogens with one attached hydrogen (secondary N) is 2. The summed E-state index contributed by atoms with van der Waals surface area (Å²) in [5, 5.41) is 16.8. The Hall–Kier alpha value is -1.58. The zero-order valence-corrected chi connectivity index (χ0v) is 17.8. The van der Waals surface area contributed by atoms with Crippen molar-refractivity contribution >= 4 is 65.6 Å². The summed E-state index contributed by atoms with van der Waals surface area (Å²) in [6.45, 7) is 0.0334. The number of para-hydroxylation sites is 2. The van der Waals surface area contributed by atoms with Crippen LogP contribution in [-0.4, -0.2) is 30.9 Å². The molecule has 0 heterocycles. The molecule has 2 rings (SSSR count). The van der Waals surface area contributed by atoms with E-state index in [-0.39, 0.29) is 18.2 Å². The van der Waals surface area contributed by atoms with Crippen molar-refractivity contribution in [2.45, 2.75) is 0 Å². The molecule has 0 aliphatic heterocycles. The van der Waals surface area contributed by atoms with Crippen LogP contribution in [0, 0.1) is 0 Å². The minimum Gasteiger partial charge on any atom is -0.506 e. The number of anilines is 1. The second kappa shape index (κ2) is 9.21. The molecule has 0 saturated heterocycles. The third-order valence-electron chi connectivity index (χ3n) is 3.11. The highest BCUT2D eigenvalue weighted by Crippen LogP contribution is 2.38. The van der Waals surface area contributed by atoms with E-state index in [1.165, 1.54) is 6.21 Å². The van der Waals surface area contributed by atoms with Crippen LogP contribution in [0.4, 0.5) is 5.69 Å². The van der Waals surface area contributed by atoms with Crippen LogP contribution in [0.2, 0.25) is 0 Å². The molecule has 1 amide bonds. The number of rotatable bonds is 6. The van der Waals surface area contributed by atoms with Gasteiger partial charge in [0.15, 0.2) is 0 Å². The minimum atomic E-state index is -0.323. The van der Waals surface area contributed by atoms with Gasteiger partial charge in [0, 0.05) is 10.0 Å². The Morgan fingerprint density at radius 3 is 2.72 bits per heavy atom. The fourth-order valence-corrected chi connectivity index (χ4v) is 4.21. The van der Waals surface area contributed by atoms with Crippen LogP contribution in [0.1, 0.15) is 5.56 Å². The molecule has 0 fully saturated rings. The lowest BCUT2D eigenvalue weighted by molar-refractivity contribution is -0.119. The molecule has 0 spiro atoms. The molecule has 25 heavy (non-hydrogen) atoms. The summed E-state index contributed by atoms with van der Waals surface area (Å²) >= 11 is 9.90. The Bertz CT molecular complexity index is 813. The number of carbonyl (C=O) groups is 1. The van der Waals surface area contributed by atoms with E-state index >= 15 is 0 Å². The molecular weight excluding hydrogens is 522 g/mol. The number of phenols is 1. The number of phenolic OH excluding ortho intramolecular Hbond substituents is 1. The third-order valence-corrected chi connectivity index (χ3v) is 5.17. The number of benzene rings is 2. The molecule has 2 aromatic carbocycles. The summed E-state index contributed by atoms with van der Waals surface area (Å²) < 4.78 is 6.90. The van der Waals surface area contributed by atoms with Crippen molar-refractivity contribution in [2.75, 3.05) is 19.0 Å². The van der Waals surface area contributed by atoms with Crippen LogP contribution < -0.4 is 15.5 Å². The third kappa shape index (κ3) is 5.20. The monoisotopic (exact) mass is 533 g/mol. The number of ether oxygens (including phenoxy) is 1. The number of hydrogen-bond acceptors (Lipinski definition) is 5. The molecule has 0 aromatic heterocycles. The molecule has 2 aromatic rings. The van der Waals surface area contributed by atoms with E-state index < -0.39 is 0 Å². The zero-order chi connectivity index (χ0) is 18.4. The molecule has 0 atom stereocenters. The van der Waals surface area contributed by atoms with Crippen molar-refractivity contribution in [3.63, 3.8) is 0 Å². The first kappa shape index (κ1) is 19.7. The molecule has 0 saturated carbocycles. The molecule has 6 nitrogen and oxygen atoms in total. The fraction of sp³-hybridized carbons (Fsp3) is 0.125. The summed E-state index contributed by atoms with van der Waals surface area (Å²) in [7, 11) is 1.56.